The molecule has 0 bridgehead atoms. The van der Waals surface area contributed by atoms with Gasteiger partial charge in [-0.2, -0.15) is 0 Å². The van der Waals surface area contributed by atoms with E-state index in [9.17, 15) is 9.59 Å². The van der Waals surface area contributed by atoms with Gasteiger partial charge in [-0.3, -0.25) is 15.0 Å². The molecule has 2 aliphatic heterocycles. The van der Waals surface area contributed by atoms with Gasteiger partial charge in [0.05, 0.1) is 0 Å². The number of hydrogen-bond donors (Lipinski definition) is 3. The first-order valence-electron chi connectivity index (χ1n) is 10.3. The lowest BCUT2D eigenvalue weighted by Crippen LogP contribution is -2.53. The number of nitrogens with zero attached hydrogens (tertiary/aromatic N) is 1. The molecule has 0 spiro atoms. The highest BCUT2D eigenvalue weighted by Crippen LogP contribution is 2.54. The summed E-state index contributed by atoms with van der Waals surface area (Å²) in [4.78, 5) is 27.7. The molecule has 1 aliphatic carbocycles. The number of benzene rings is 2. The molecule has 2 unspecified atom stereocenters. The van der Waals surface area contributed by atoms with E-state index in [1.807, 2.05) is 36.4 Å². The summed E-state index contributed by atoms with van der Waals surface area (Å²) in [7, 11) is 1.80. The second-order valence-corrected chi connectivity index (χ2v) is 8.41. The average Bonchev–Trinajstić information content (AvgIpc) is 3.41. The number of amides is 2. The Morgan fingerprint density at radius 1 is 1.07 bits per heavy atom. The normalized spacial score (nSPS) is 30.3. The summed E-state index contributed by atoms with van der Waals surface area (Å²) in [5.74, 6) is 0.414. The quantitative estimate of drug-likeness (QED) is 0.743. The highest BCUT2D eigenvalue weighted by atomic mass is 16.2. The van der Waals surface area contributed by atoms with E-state index in [2.05, 4.69) is 34.4 Å². The van der Waals surface area contributed by atoms with E-state index in [0.717, 1.165) is 18.5 Å². The van der Waals surface area contributed by atoms with E-state index >= 15 is 0 Å². The van der Waals surface area contributed by atoms with Crippen LogP contribution in [0.4, 0.5) is 5.69 Å². The molecule has 150 valence electrons. The molecule has 0 radical (unpaired) electrons. The highest BCUT2D eigenvalue weighted by molar-refractivity contribution is 6.01. The van der Waals surface area contributed by atoms with Crippen LogP contribution in [0.5, 0.6) is 0 Å². The van der Waals surface area contributed by atoms with Crippen LogP contribution in [0.15, 0.2) is 54.6 Å². The van der Waals surface area contributed by atoms with Crippen molar-refractivity contribution >= 4 is 17.5 Å². The summed E-state index contributed by atoms with van der Waals surface area (Å²) in [6, 6.07) is 17.7. The van der Waals surface area contributed by atoms with Crippen LogP contribution in [-0.4, -0.2) is 37.0 Å². The molecule has 2 aromatic rings. The SMILES string of the molecule is CN1C(=O)[C@H](NC(=O)C2CC(Cc3ccccc3)NN2)[C@@H]2C[C@@H]2c2ccccc21. The van der Waals surface area contributed by atoms with Gasteiger partial charge in [-0.25, -0.2) is 5.43 Å². The molecule has 5 rings (SSSR count). The van der Waals surface area contributed by atoms with Gasteiger partial charge in [0.2, 0.25) is 11.8 Å². The third kappa shape index (κ3) is 3.43. The topological polar surface area (TPSA) is 73.5 Å². The lowest BCUT2D eigenvalue weighted by molar-refractivity contribution is -0.129. The van der Waals surface area contributed by atoms with Crippen molar-refractivity contribution in [3.63, 3.8) is 0 Å². The zero-order valence-corrected chi connectivity index (χ0v) is 16.5. The van der Waals surface area contributed by atoms with Gasteiger partial charge in [0.25, 0.3) is 0 Å². The van der Waals surface area contributed by atoms with Gasteiger partial charge in [-0.1, -0.05) is 48.5 Å². The average molecular weight is 390 g/mol. The summed E-state index contributed by atoms with van der Waals surface area (Å²) in [6.45, 7) is 0. The van der Waals surface area contributed by atoms with Gasteiger partial charge in [-0.15, -0.1) is 0 Å². The maximum absolute atomic E-state index is 13.1. The molecule has 2 fully saturated rings. The van der Waals surface area contributed by atoms with E-state index in [1.54, 1.807) is 11.9 Å². The van der Waals surface area contributed by atoms with Crippen LogP contribution in [0.2, 0.25) is 0 Å². The Morgan fingerprint density at radius 3 is 2.66 bits per heavy atom. The molecular weight excluding hydrogens is 364 g/mol. The lowest BCUT2D eigenvalue weighted by atomic mass is 10.0. The van der Waals surface area contributed by atoms with Crippen LogP contribution in [0.25, 0.3) is 0 Å². The summed E-state index contributed by atoms with van der Waals surface area (Å²) in [6.07, 6.45) is 2.52. The fraction of sp³-hybridized carbons (Fsp3) is 0.391. The van der Waals surface area contributed by atoms with E-state index in [0.29, 0.717) is 12.3 Å². The third-order valence-corrected chi connectivity index (χ3v) is 6.48. The van der Waals surface area contributed by atoms with Crippen molar-refractivity contribution in [2.45, 2.75) is 43.3 Å². The van der Waals surface area contributed by atoms with Crippen molar-refractivity contribution in [3.8, 4) is 0 Å². The molecule has 3 aliphatic rings. The Labute approximate surface area is 170 Å². The number of nitrogens with one attached hydrogen (secondary N) is 3. The Bertz CT molecular complexity index is 931. The van der Waals surface area contributed by atoms with Gasteiger partial charge in [-0.05, 0) is 48.3 Å². The zero-order chi connectivity index (χ0) is 20.0. The largest absolute Gasteiger partial charge is 0.343 e. The molecule has 29 heavy (non-hydrogen) atoms. The summed E-state index contributed by atoms with van der Waals surface area (Å²) in [5.41, 5.74) is 9.77. The first-order chi connectivity index (χ1) is 14.1. The zero-order valence-electron chi connectivity index (χ0n) is 16.5. The highest BCUT2D eigenvalue weighted by Gasteiger charge is 2.52. The lowest BCUT2D eigenvalue weighted by Gasteiger charge is -2.24. The molecular formula is C23H26N4O2. The van der Waals surface area contributed by atoms with E-state index < -0.39 is 6.04 Å². The van der Waals surface area contributed by atoms with Crippen LogP contribution < -0.4 is 21.1 Å². The van der Waals surface area contributed by atoms with Gasteiger partial charge in [0, 0.05) is 18.8 Å². The molecule has 6 nitrogen and oxygen atoms in total. The van der Waals surface area contributed by atoms with Crippen molar-refractivity contribution < 1.29 is 9.59 Å². The Hall–Kier alpha value is -2.70. The van der Waals surface area contributed by atoms with Crippen molar-refractivity contribution in [1.82, 2.24) is 16.2 Å². The number of fused-ring (bicyclic) bond motifs is 3. The fourth-order valence-corrected chi connectivity index (χ4v) is 4.81. The molecule has 2 amide bonds. The Kier molecular flexibility index (Phi) is 4.60. The number of anilines is 1. The number of rotatable bonds is 4. The second-order valence-electron chi connectivity index (χ2n) is 8.41. The van der Waals surface area contributed by atoms with Crippen LogP contribution >= 0.6 is 0 Å². The van der Waals surface area contributed by atoms with Crippen molar-refractivity contribution in [3.05, 3.63) is 65.7 Å². The summed E-state index contributed by atoms with van der Waals surface area (Å²) in [5, 5.41) is 3.06. The molecule has 3 N–H and O–H groups in total. The van der Waals surface area contributed by atoms with Crippen molar-refractivity contribution in [2.24, 2.45) is 5.92 Å². The minimum absolute atomic E-state index is 0.0254. The molecule has 2 heterocycles. The van der Waals surface area contributed by atoms with Gasteiger partial charge >= 0.3 is 0 Å². The molecule has 1 saturated heterocycles. The predicted molar refractivity (Wildman–Crippen MR) is 111 cm³/mol. The number of hydrazine groups is 1. The predicted octanol–water partition coefficient (Wildman–Crippen LogP) is 1.73. The first-order valence-corrected chi connectivity index (χ1v) is 10.3. The number of carbonyl (C=O) groups excluding carboxylic acids is 2. The van der Waals surface area contributed by atoms with Crippen molar-refractivity contribution in [1.29, 1.82) is 0 Å². The van der Waals surface area contributed by atoms with Gasteiger partial charge in [0.15, 0.2) is 0 Å². The fourth-order valence-electron chi connectivity index (χ4n) is 4.81. The van der Waals surface area contributed by atoms with Gasteiger partial charge in [0.1, 0.15) is 12.1 Å². The minimum Gasteiger partial charge on any atom is -0.343 e. The van der Waals surface area contributed by atoms with Crippen LogP contribution in [-0.2, 0) is 16.0 Å². The van der Waals surface area contributed by atoms with Crippen molar-refractivity contribution in [2.75, 3.05) is 11.9 Å². The number of carbonyl (C=O) groups is 2. The number of hydrogen-bond acceptors (Lipinski definition) is 4. The molecule has 6 heteroatoms. The molecule has 2 aromatic carbocycles. The second kappa shape index (κ2) is 7.28. The maximum Gasteiger partial charge on any atom is 0.249 e. The smallest absolute Gasteiger partial charge is 0.249 e. The Morgan fingerprint density at radius 2 is 1.83 bits per heavy atom. The monoisotopic (exact) mass is 390 g/mol. The number of likely N-dealkylation sites (N-methyl/N-ethyl adjacent to an activating group) is 1. The summed E-state index contributed by atoms with van der Waals surface area (Å²) >= 11 is 0. The number of para-hydroxylation sites is 1. The van der Waals surface area contributed by atoms with E-state index in [4.69, 9.17) is 0 Å². The molecule has 5 atom stereocenters. The third-order valence-electron chi connectivity index (χ3n) is 6.48. The van der Waals surface area contributed by atoms with Crippen LogP contribution in [0.3, 0.4) is 0 Å². The van der Waals surface area contributed by atoms with Gasteiger partial charge < -0.3 is 10.2 Å². The maximum atomic E-state index is 13.1. The van der Waals surface area contributed by atoms with E-state index in [1.165, 1.54) is 11.1 Å². The molecule has 0 aromatic heterocycles. The summed E-state index contributed by atoms with van der Waals surface area (Å²) < 4.78 is 0. The van der Waals surface area contributed by atoms with E-state index in [-0.39, 0.29) is 29.8 Å². The minimum atomic E-state index is -0.458. The van der Waals surface area contributed by atoms with Crippen LogP contribution in [0, 0.1) is 5.92 Å². The molecule has 1 saturated carbocycles. The standard InChI is InChI=1S/C23H26N4O2/c1-27-20-10-6-5-9-16(20)17-13-18(17)21(23(27)29)24-22(28)19-12-15(25-26-19)11-14-7-3-2-4-8-14/h2-10,15,17-19,21,25-26H,11-13H2,1H3,(H,24,28)/t15?,17-,18-,19?,21-/m1/s1. The first kappa shape index (κ1) is 18.3. The van der Waals surface area contributed by atoms with Crippen LogP contribution in [0.1, 0.15) is 29.9 Å². The Balaban J connectivity index is 1.24.